The Hall–Kier alpha value is -4.01. The van der Waals surface area contributed by atoms with Gasteiger partial charge in [-0.1, -0.05) is 60.3 Å². The molecular weight excluding hydrogens is 486 g/mol. The minimum absolute atomic E-state index is 0.0939. The summed E-state index contributed by atoms with van der Waals surface area (Å²) in [5.41, 5.74) is 3.62. The van der Waals surface area contributed by atoms with Crippen molar-refractivity contribution >= 4 is 67.6 Å². The predicted molar refractivity (Wildman–Crippen MR) is 146 cm³/mol. The van der Waals surface area contributed by atoms with Gasteiger partial charge in [-0.25, -0.2) is 15.0 Å². The highest BCUT2D eigenvalue weighted by molar-refractivity contribution is 8.00. The first-order chi connectivity index (χ1) is 17.7. The molecule has 0 saturated carbocycles. The van der Waals surface area contributed by atoms with Gasteiger partial charge in [0.05, 0.1) is 21.8 Å². The number of carbonyl (C=O) groups excluding carboxylic acids is 1. The summed E-state index contributed by atoms with van der Waals surface area (Å²) in [6, 6.07) is 30.1. The maximum Gasteiger partial charge on any atom is 0.247 e. The van der Waals surface area contributed by atoms with Crippen LogP contribution in [0.5, 0.6) is 0 Å². The molecule has 4 heterocycles. The van der Waals surface area contributed by atoms with Gasteiger partial charge in [0.1, 0.15) is 5.00 Å². The first kappa shape index (κ1) is 21.3. The van der Waals surface area contributed by atoms with Crippen LogP contribution in [0.2, 0.25) is 0 Å². The van der Waals surface area contributed by atoms with E-state index < -0.39 is 0 Å². The second-order valence-corrected chi connectivity index (χ2v) is 10.8. The molecule has 0 N–H and O–H groups in total. The Bertz CT molecular complexity index is 1740. The highest BCUT2D eigenvalue weighted by Gasteiger charge is 2.34. The van der Waals surface area contributed by atoms with E-state index in [1.54, 1.807) is 27.7 Å². The summed E-state index contributed by atoms with van der Waals surface area (Å²) >= 11 is 3.21. The van der Waals surface area contributed by atoms with Crippen molar-refractivity contribution in [1.29, 1.82) is 0 Å². The van der Waals surface area contributed by atoms with Crippen molar-refractivity contribution in [3.05, 3.63) is 102 Å². The van der Waals surface area contributed by atoms with Crippen LogP contribution < -0.4 is 4.90 Å². The van der Waals surface area contributed by atoms with Gasteiger partial charge < -0.3 is 0 Å². The zero-order chi connectivity index (χ0) is 24.1. The fraction of sp³-hybridized carbons (Fsp3) is 0.0714. The number of fused-ring (bicyclic) bond motifs is 4. The fourth-order valence-corrected chi connectivity index (χ4v) is 6.86. The lowest BCUT2D eigenvalue weighted by molar-refractivity contribution is 0.0915. The molecule has 6 nitrogen and oxygen atoms in total. The number of thiophene rings is 1. The second-order valence-electron chi connectivity index (χ2n) is 8.51. The normalized spacial score (nSPS) is 15.0. The van der Waals surface area contributed by atoms with Crippen molar-refractivity contribution < 1.29 is 4.79 Å². The molecule has 0 saturated heterocycles. The van der Waals surface area contributed by atoms with Crippen LogP contribution in [0.1, 0.15) is 9.67 Å². The summed E-state index contributed by atoms with van der Waals surface area (Å²) in [5, 5.41) is 2.59. The summed E-state index contributed by atoms with van der Waals surface area (Å²) < 4.78 is 1.76. The molecule has 0 radical (unpaired) electrons. The lowest BCUT2D eigenvalue weighted by Crippen LogP contribution is -2.19. The minimum atomic E-state index is -0.189. The minimum Gasteiger partial charge on any atom is -0.273 e. The summed E-state index contributed by atoms with van der Waals surface area (Å²) in [7, 11) is 0. The molecule has 8 heteroatoms. The van der Waals surface area contributed by atoms with Crippen LogP contribution in [0.3, 0.4) is 0 Å². The summed E-state index contributed by atoms with van der Waals surface area (Å²) in [6.45, 7) is 0. The number of para-hydroxylation sites is 4. The number of benzene rings is 3. The lowest BCUT2D eigenvalue weighted by Gasteiger charge is -2.21. The third kappa shape index (κ3) is 3.57. The van der Waals surface area contributed by atoms with Gasteiger partial charge in [-0.15, -0.1) is 11.3 Å². The molecule has 1 atom stereocenters. The van der Waals surface area contributed by atoms with Crippen LogP contribution in [-0.2, 0) is 6.42 Å². The molecule has 174 valence electrons. The largest absolute Gasteiger partial charge is 0.273 e. The van der Waals surface area contributed by atoms with E-state index in [-0.39, 0.29) is 11.2 Å². The first-order valence-electron chi connectivity index (χ1n) is 11.6. The number of anilines is 3. The highest BCUT2D eigenvalue weighted by atomic mass is 32.2. The number of rotatable bonds is 5. The molecule has 3 aromatic carbocycles. The predicted octanol–water partition coefficient (Wildman–Crippen LogP) is 6.87. The molecule has 6 aromatic rings. The van der Waals surface area contributed by atoms with Gasteiger partial charge in [-0.3, -0.25) is 14.3 Å². The van der Waals surface area contributed by atoms with Gasteiger partial charge in [0.25, 0.3) is 0 Å². The Morgan fingerprint density at radius 1 is 0.833 bits per heavy atom. The van der Waals surface area contributed by atoms with E-state index in [1.807, 2.05) is 72.9 Å². The molecule has 1 unspecified atom stereocenters. The molecule has 7 rings (SSSR count). The number of imidazole rings is 1. The van der Waals surface area contributed by atoms with Crippen molar-refractivity contribution in [3.63, 3.8) is 0 Å². The average molecular weight is 506 g/mol. The third-order valence-corrected chi connectivity index (χ3v) is 8.45. The van der Waals surface area contributed by atoms with Crippen LogP contribution >= 0.6 is 23.1 Å². The fourth-order valence-electron chi connectivity index (χ4n) is 4.51. The zero-order valence-electron chi connectivity index (χ0n) is 19.0. The van der Waals surface area contributed by atoms with Crippen molar-refractivity contribution in [2.45, 2.75) is 16.8 Å². The quantitative estimate of drug-likeness (QED) is 0.255. The number of thioether (sulfide) groups is 1. The number of nitrogens with zero attached hydrogens (tertiary/aromatic N) is 5. The molecular formula is C28H19N5OS2. The first-order valence-corrected chi connectivity index (χ1v) is 13.3. The molecule has 0 fully saturated rings. The average Bonchev–Trinajstić information content (AvgIpc) is 3.60. The smallest absolute Gasteiger partial charge is 0.247 e. The third-order valence-electron chi connectivity index (χ3n) is 6.22. The van der Waals surface area contributed by atoms with Gasteiger partial charge in [-0.05, 0) is 42.5 Å². The van der Waals surface area contributed by atoms with Crippen LogP contribution in [-0.4, -0.2) is 30.7 Å². The zero-order valence-corrected chi connectivity index (χ0v) is 20.6. The molecule has 3 aromatic heterocycles. The van der Waals surface area contributed by atoms with Gasteiger partial charge in [0, 0.05) is 28.6 Å². The Balaban J connectivity index is 1.21. The van der Waals surface area contributed by atoms with E-state index in [0.29, 0.717) is 12.4 Å². The van der Waals surface area contributed by atoms with Crippen LogP contribution in [0, 0.1) is 0 Å². The maximum atomic E-state index is 13.3. The highest BCUT2D eigenvalue weighted by Crippen LogP contribution is 2.41. The van der Waals surface area contributed by atoms with E-state index in [2.05, 4.69) is 39.1 Å². The standard InChI is InChI=1S/C28H19N5OS2/c34-26-24(36-28-31-22-12-6-7-13-23(22)33(26)28)16-20-14-15-25(35-20)32(19-9-2-1-3-10-19)27-29-17-18-8-4-5-11-21(18)30-27/h1-15,17,24H,16H2. The summed E-state index contributed by atoms with van der Waals surface area (Å²) in [5.74, 6) is 0.711. The van der Waals surface area contributed by atoms with E-state index in [9.17, 15) is 4.79 Å². The van der Waals surface area contributed by atoms with Crippen molar-refractivity contribution in [2.24, 2.45) is 0 Å². The number of carbonyl (C=O) groups is 1. The van der Waals surface area contributed by atoms with Crippen molar-refractivity contribution in [1.82, 2.24) is 19.5 Å². The monoisotopic (exact) mass is 505 g/mol. The van der Waals surface area contributed by atoms with E-state index in [4.69, 9.17) is 4.98 Å². The van der Waals surface area contributed by atoms with E-state index in [1.165, 1.54) is 0 Å². The molecule has 0 bridgehead atoms. The SMILES string of the molecule is O=C1C(Cc2ccc(N(c3ccccc3)c3ncc4ccccc4n3)s2)Sc2nc3ccccc3n21. The Morgan fingerprint density at radius 2 is 1.61 bits per heavy atom. The van der Waals surface area contributed by atoms with Gasteiger partial charge >= 0.3 is 0 Å². The summed E-state index contributed by atoms with van der Waals surface area (Å²) in [6.07, 6.45) is 2.51. The van der Waals surface area contributed by atoms with E-state index >= 15 is 0 Å². The van der Waals surface area contributed by atoms with Crippen LogP contribution in [0.25, 0.3) is 21.9 Å². The van der Waals surface area contributed by atoms with Crippen LogP contribution in [0.4, 0.5) is 16.6 Å². The maximum absolute atomic E-state index is 13.3. The lowest BCUT2D eigenvalue weighted by atomic mass is 10.2. The van der Waals surface area contributed by atoms with Crippen molar-refractivity contribution in [2.75, 3.05) is 4.90 Å². The van der Waals surface area contributed by atoms with Gasteiger partial charge in [-0.2, -0.15) is 0 Å². The van der Waals surface area contributed by atoms with Crippen LogP contribution in [0.15, 0.2) is 102 Å². The molecule has 36 heavy (non-hydrogen) atoms. The number of aromatic nitrogens is 4. The Kier molecular flexibility index (Phi) is 5.07. The molecule has 1 aliphatic rings. The number of hydrogen-bond acceptors (Lipinski definition) is 7. The topological polar surface area (TPSA) is 63.9 Å². The van der Waals surface area contributed by atoms with Gasteiger partial charge in [0.2, 0.25) is 11.9 Å². The Morgan fingerprint density at radius 3 is 2.50 bits per heavy atom. The summed E-state index contributed by atoms with van der Waals surface area (Å²) in [4.78, 5) is 30.7. The van der Waals surface area contributed by atoms with Crippen molar-refractivity contribution in [3.8, 4) is 0 Å². The number of hydrogen-bond donors (Lipinski definition) is 0. The molecule has 1 aliphatic heterocycles. The second kappa shape index (κ2) is 8.58. The molecule has 0 spiro atoms. The molecule has 0 aliphatic carbocycles. The molecule has 0 amide bonds. The Labute approximate surface area is 215 Å². The van der Waals surface area contributed by atoms with Gasteiger partial charge in [0.15, 0.2) is 5.16 Å². The van der Waals surface area contributed by atoms with E-state index in [0.717, 1.165) is 42.7 Å².